The van der Waals surface area contributed by atoms with Gasteiger partial charge in [0, 0.05) is 19.3 Å². The van der Waals surface area contributed by atoms with Crippen molar-refractivity contribution in [3.63, 3.8) is 0 Å². The average molecular weight is 885 g/mol. The van der Waals surface area contributed by atoms with Crippen molar-refractivity contribution < 1.29 is 28.6 Å². The SMILES string of the molecule is CCCC/C=C\CCCCCCCC(=O)OC[C@H](COC(=O)CCCCCCCCC/C=C\CCCCCCCC)OC(=O)CCCCCCCCC/C=C\CCCCCCCC. The molecule has 0 N–H and O–H groups in total. The Bertz CT molecular complexity index is 1060. The van der Waals surface area contributed by atoms with E-state index in [-0.39, 0.29) is 31.1 Å². The lowest BCUT2D eigenvalue weighted by Gasteiger charge is -2.18. The van der Waals surface area contributed by atoms with E-state index in [1.807, 2.05) is 0 Å². The molecule has 0 aromatic heterocycles. The van der Waals surface area contributed by atoms with Gasteiger partial charge in [0.1, 0.15) is 13.2 Å². The zero-order valence-corrected chi connectivity index (χ0v) is 42.1. The molecular formula is C57H104O6. The van der Waals surface area contributed by atoms with E-state index in [4.69, 9.17) is 14.2 Å². The van der Waals surface area contributed by atoms with Gasteiger partial charge in [-0.15, -0.1) is 0 Å². The van der Waals surface area contributed by atoms with Crippen molar-refractivity contribution >= 4 is 17.9 Å². The first-order valence-corrected chi connectivity index (χ1v) is 27.5. The lowest BCUT2D eigenvalue weighted by Crippen LogP contribution is -2.30. The molecule has 1 atom stereocenters. The fourth-order valence-corrected chi connectivity index (χ4v) is 7.88. The molecule has 0 amide bonds. The van der Waals surface area contributed by atoms with E-state index >= 15 is 0 Å². The first kappa shape index (κ1) is 60.6. The van der Waals surface area contributed by atoms with Crippen LogP contribution in [0.5, 0.6) is 0 Å². The summed E-state index contributed by atoms with van der Waals surface area (Å²) in [5.74, 6) is -0.884. The summed E-state index contributed by atoms with van der Waals surface area (Å²) in [5, 5.41) is 0. The zero-order valence-electron chi connectivity index (χ0n) is 42.1. The molecule has 0 aromatic rings. The monoisotopic (exact) mass is 885 g/mol. The molecule has 0 saturated carbocycles. The topological polar surface area (TPSA) is 78.9 Å². The number of rotatable bonds is 50. The molecular weight excluding hydrogens is 781 g/mol. The maximum atomic E-state index is 12.8. The highest BCUT2D eigenvalue weighted by atomic mass is 16.6. The standard InChI is InChI=1S/C57H104O6/c1-4-7-10-13-16-19-22-24-26-28-30-32-35-38-41-44-47-50-56(59)62-53-54(52-61-55(58)49-46-43-40-37-34-21-18-15-12-9-6-3)63-57(60)51-48-45-42-39-36-33-31-29-27-25-23-20-17-14-11-8-5-2/h15,18,24-27,54H,4-14,16-17,19-23,28-53H2,1-3H3/b18-15-,26-24-,27-25-/t54-/m1/s1. The summed E-state index contributed by atoms with van der Waals surface area (Å²) < 4.78 is 16.8. The Balaban J connectivity index is 4.34. The highest BCUT2D eigenvalue weighted by molar-refractivity contribution is 5.71. The molecule has 0 aliphatic heterocycles. The largest absolute Gasteiger partial charge is 0.462 e. The molecule has 0 aromatic carbocycles. The van der Waals surface area contributed by atoms with Crippen molar-refractivity contribution in [2.24, 2.45) is 0 Å². The molecule has 0 spiro atoms. The van der Waals surface area contributed by atoms with Gasteiger partial charge in [-0.3, -0.25) is 14.4 Å². The average Bonchev–Trinajstić information content (AvgIpc) is 3.28. The van der Waals surface area contributed by atoms with Gasteiger partial charge in [0.15, 0.2) is 6.10 Å². The molecule has 0 fully saturated rings. The van der Waals surface area contributed by atoms with Crippen LogP contribution in [0.25, 0.3) is 0 Å². The summed E-state index contributed by atoms with van der Waals surface area (Å²) in [7, 11) is 0. The smallest absolute Gasteiger partial charge is 0.306 e. The van der Waals surface area contributed by atoms with E-state index in [0.29, 0.717) is 19.3 Å². The van der Waals surface area contributed by atoms with Gasteiger partial charge in [0.25, 0.3) is 0 Å². The predicted molar refractivity (Wildman–Crippen MR) is 270 cm³/mol. The number of unbranched alkanes of at least 4 members (excludes halogenated alkanes) is 33. The summed E-state index contributed by atoms with van der Waals surface area (Å²) in [5.41, 5.74) is 0. The second-order valence-electron chi connectivity index (χ2n) is 18.5. The van der Waals surface area contributed by atoms with Crippen molar-refractivity contribution in [2.45, 2.75) is 297 Å². The maximum absolute atomic E-state index is 12.8. The summed E-state index contributed by atoms with van der Waals surface area (Å²) >= 11 is 0. The number of ether oxygens (including phenoxy) is 3. The maximum Gasteiger partial charge on any atom is 0.306 e. The van der Waals surface area contributed by atoms with E-state index in [0.717, 1.165) is 64.2 Å². The van der Waals surface area contributed by atoms with Gasteiger partial charge in [-0.1, -0.05) is 218 Å². The Hall–Kier alpha value is -2.37. The van der Waals surface area contributed by atoms with Crippen molar-refractivity contribution in [2.75, 3.05) is 13.2 Å². The van der Waals surface area contributed by atoms with Crippen molar-refractivity contribution in [1.29, 1.82) is 0 Å². The van der Waals surface area contributed by atoms with Crippen LogP contribution in [0, 0.1) is 0 Å². The molecule has 0 rings (SSSR count). The number of hydrogen-bond acceptors (Lipinski definition) is 6. The van der Waals surface area contributed by atoms with Gasteiger partial charge in [-0.2, -0.15) is 0 Å². The minimum atomic E-state index is -0.777. The first-order chi connectivity index (χ1) is 31.0. The molecule has 0 bridgehead atoms. The van der Waals surface area contributed by atoms with E-state index in [1.54, 1.807) is 0 Å². The molecule has 368 valence electrons. The molecule has 0 aliphatic rings. The molecule has 6 nitrogen and oxygen atoms in total. The van der Waals surface area contributed by atoms with E-state index in [2.05, 4.69) is 57.2 Å². The Morgan fingerprint density at radius 3 is 0.841 bits per heavy atom. The number of hydrogen-bond donors (Lipinski definition) is 0. The van der Waals surface area contributed by atoms with Crippen LogP contribution in [-0.4, -0.2) is 37.2 Å². The number of esters is 3. The quantitative estimate of drug-likeness (QED) is 0.0262. The van der Waals surface area contributed by atoms with Crippen LogP contribution in [0.1, 0.15) is 290 Å². The second-order valence-corrected chi connectivity index (χ2v) is 18.5. The third-order valence-corrected chi connectivity index (χ3v) is 12.1. The Morgan fingerprint density at radius 1 is 0.302 bits per heavy atom. The van der Waals surface area contributed by atoms with Gasteiger partial charge < -0.3 is 14.2 Å². The molecule has 0 radical (unpaired) electrons. The van der Waals surface area contributed by atoms with E-state index in [1.165, 1.54) is 186 Å². The van der Waals surface area contributed by atoms with Crippen molar-refractivity contribution in [1.82, 2.24) is 0 Å². The second kappa shape index (κ2) is 52.3. The van der Waals surface area contributed by atoms with E-state index < -0.39 is 6.10 Å². The summed E-state index contributed by atoms with van der Waals surface area (Å²) in [6, 6.07) is 0. The third-order valence-electron chi connectivity index (χ3n) is 12.1. The van der Waals surface area contributed by atoms with Gasteiger partial charge in [-0.25, -0.2) is 0 Å². The minimum Gasteiger partial charge on any atom is -0.462 e. The molecule has 0 saturated heterocycles. The van der Waals surface area contributed by atoms with Crippen LogP contribution in [-0.2, 0) is 28.6 Å². The van der Waals surface area contributed by atoms with Gasteiger partial charge >= 0.3 is 17.9 Å². The number of carbonyl (C=O) groups excluding carboxylic acids is 3. The van der Waals surface area contributed by atoms with Crippen LogP contribution in [0.2, 0.25) is 0 Å². The lowest BCUT2D eigenvalue weighted by molar-refractivity contribution is -0.167. The Morgan fingerprint density at radius 2 is 0.540 bits per heavy atom. The highest BCUT2D eigenvalue weighted by Gasteiger charge is 2.19. The molecule has 63 heavy (non-hydrogen) atoms. The summed E-state index contributed by atoms with van der Waals surface area (Å²) in [6.45, 7) is 6.60. The fraction of sp³-hybridized carbons (Fsp3) is 0.842. The first-order valence-electron chi connectivity index (χ1n) is 27.5. The zero-order chi connectivity index (χ0) is 45.8. The fourth-order valence-electron chi connectivity index (χ4n) is 7.88. The van der Waals surface area contributed by atoms with Crippen LogP contribution in [0.15, 0.2) is 36.5 Å². The normalized spacial score (nSPS) is 12.2. The van der Waals surface area contributed by atoms with Crippen molar-refractivity contribution in [3.05, 3.63) is 36.5 Å². The molecule has 0 unspecified atom stereocenters. The summed E-state index contributed by atoms with van der Waals surface area (Å²) in [4.78, 5) is 38.0. The minimum absolute atomic E-state index is 0.0770. The number of allylic oxidation sites excluding steroid dienone is 6. The molecule has 0 aliphatic carbocycles. The predicted octanol–water partition coefficient (Wildman–Crippen LogP) is 18.1. The molecule has 0 heterocycles. The van der Waals surface area contributed by atoms with Gasteiger partial charge in [-0.05, 0) is 89.9 Å². The van der Waals surface area contributed by atoms with Crippen LogP contribution in [0.4, 0.5) is 0 Å². The van der Waals surface area contributed by atoms with E-state index in [9.17, 15) is 14.4 Å². The lowest BCUT2D eigenvalue weighted by atomic mass is 10.1. The van der Waals surface area contributed by atoms with Gasteiger partial charge in [0.2, 0.25) is 0 Å². The van der Waals surface area contributed by atoms with Crippen LogP contribution >= 0.6 is 0 Å². The Labute approximate surface area is 391 Å². The summed E-state index contributed by atoms with van der Waals surface area (Å²) in [6.07, 6.45) is 61.3. The highest BCUT2D eigenvalue weighted by Crippen LogP contribution is 2.15. The third kappa shape index (κ3) is 50.5. The van der Waals surface area contributed by atoms with Gasteiger partial charge in [0.05, 0.1) is 0 Å². The van der Waals surface area contributed by atoms with Crippen LogP contribution < -0.4 is 0 Å². The Kier molecular flexibility index (Phi) is 50.3. The van der Waals surface area contributed by atoms with Crippen LogP contribution in [0.3, 0.4) is 0 Å². The van der Waals surface area contributed by atoms with Crippen molar-refractivity contribution in [3.8, 4) is 0 Å². The molecule has 6 heteroatoms. The number of carbonyl (C=O) groups is 3.